The number of rotatable bonds is 7. The minimum atomic E-state index is -0.389. The van der Waals surface area contributed by atoms with Crippen molar-refractivity contribution in [2.45, 2.75) is 52.2 Å². The quantitative estimate of drug-likeness (QED) is 0.817. The Morgan fingerprint density at radius 1 is 1.25 bits per heavy atom. The van der Waals surface area contributed by atoms with Crippen LogP contribution in [0.2, 0.25) is 0 Å². The molecule has 1 fully saturated rings. The molecule has 4 nitrogen and oxygen atoms in total. The van der Waals surface area contributed by atoms with Crippen molar-refractivity contribution in [2.24, 2.45) is 12.5 Å². The summed E-state index contributed by atoms with van der Waals surface area (Å²) >= 11 is 0. The van der Waals surface area contributed by atoms with Crippen LogP contribution < -0.4 is 5.32 Å². The normalized spacial score (nSPS) is 18.4. The van der Waals surface area contributed by atoms with Gasteiger partial charge in [-0.2, -0.15) is 5.10 Å². The Labute approximate surface area is 144 Å². The van der Waals surface area contributed by atoms with E-state index in [1.165, 1.54) is 11.3 Å². The summed E-state index contributed by atoms with van der Waals surface area (Å²) in [6.07, 6.45) is 2.79. The smallest absolute Gasteiger partial charge is 0.0858 e. The maximum atomic E-state index is 10.8. The van der Waals surface area contributed by atoms with Gasteiger partial charge < -0.3 is 10.4 Å². The third kappa shape index (κ3) is 3.13. The van der Waals surface area contributed by atoms with Crippen molar-refractivity contribution in [1.82, 2.24) is 15.1 Å². The molecule has 0 amide bonds. The standard InChI is InChI=1S/C20H29N3O/c1-5-17(18-14(2)22-23(4)15(18)3)21-13-20(11-12-20)19(24)16-9-7-6-8-10-16/h6-10,17,19,21,24H,5,11-13H2,1-4H3. The second-order valence-corrected chi connectivity index (χ2v) is 7.23. The lowest BCUT2D eigenvalue weighted by Crippen LogP contribution is -2.32. The molecule has 1 aromatic carbocycles. The summed E-state index contributed by atoms with van der Waals surface area (Å²) in [7, 11) is 2.00. The third-order valence-corrected chi connectivity index (χ3v) is 5.61. The van der Waals surface area contributed by atoms with E-state index in [1.54, 1.807) is 0 Å². The highest BCUT2D eigenvalue weighted by atomic mass is 16.3. The zero-order valence-electron chi connectivity index (χ0n) is 15.2. The van der Waals surface area contributed by atoms with Gasteiger partial charge in [0.15, 0.2) is 0 Å². The highest BCUT2D eigenvalue weighted by Gasteiger charge is 2.49. The number of nitrogens with zero attached hydrogens (tertiary/aromatic N) is 2. The number of aryl methyl sites for hydroxylation is 2. The minimum Gasteiger partial charge on any atom is -0.388 e. The first-order chi connectivity index (χ1) is 11.5. The van der Waals surface area contributed by atoms with Gasteiger partial charge in [-0.3, -0.25) is 4.68 Å². The van der Waals surface area contributed by atoms with Gasteiger partial charge in [-0.25, -0.2) is 0 Å². The fraction of sp³-hybridized carbons (Fsp3) is 0.550. The van der Waals surface area contributed by atoms with Crippen molar-refractivity contribution in [3.8, 4) is 0 Å². The van der Waals surface area contributed by atoms with Gasteiger partial charge in [0, 0.05) is 36.3 Å². The van der Waals surface area contributed by atoms with E-state index in [4.69, 9.17) is 0 Å². The van der Waals surface area contributed by atoms with Gasteiger partial charge in [0.1, 0.15) is 0 Å². The molecule has 130 valence electrons. The molecule has 2 aromatic rings. The predicted octanol–water partition coefficient (Wildman–Crippen LogP) is 3.59. The molecule has 4 heteroatoms. The monoisotopic (exact) mass is 327 g/mol. The van der Waals surface area contributed by atoms with Gasteiger partial charge in [-0.15, -0.1) is 0 Å². The van der Waals surface area contributed by atoms with Crippen LogP contribution in [0, 0.1) is 19.3 Å². The number of hydrogen-bond acceptors (Lipinski definition) is 3. The number of aliphatic hydroxyl groups excluding tert-OH is 1. The van der Waals surface area contributed by atoms with Crippen LogP contribution in [0.15, 0.2) is 30.3 Å². The van der Waals surface area contributed by atoms with E-state index in [0.717, 1.165) is 37.1 Å². The predicted molar refractivity (Wildman–Crippen MR) is 96.8 cm³/mol. The molecule has 1 saturated carbocycles. The third-order valence-electron chi connectivity index (χ3n) is 5.61. The molecule has 0 spiro atoms. The van der Waals surface area contributed by atoms with E-state index in [2.05, 4.69) is 31.2 Å². The van der Waals surface area contributed by atoms with Gasteiger partial charge in [0.2, 0.25) is 0 Å². The minimum absolute atomic E-state index is 0.0151. The number of aliphatic hydroxyl groups is 1. The number of nitrogens with one attached hydrogen (secondary N) is 1. The van der Waals surface area contributed by atoms with E-state index < -0.39 is 0 Å². The molecule has 0 aliphatic heterocycles. The highest BCUT2D eigenvalue weighted by molar-refractivity contribution is 5.28. The molecule has 3 rings (SSSR count). The molecule has 0 bridgehead atoms. The van der Waals surface area contributed by atoms with E-state index >= 15 is 0 Å². The summed E-state index contributed by atoms with van der Waals surface area (Å²) in [5.41, 5.74) is 4.64. The lowest BCUT2D eigenvalue weighted by atomic mass is 9.91. The van der Waals surface area contributed by atoms with Crippen LogP contribution in [0.4, 0.5) is 0 Å². The van der Waals surface area contributed by atoms with Gasteiger partial charge >= 0.3 is 0 Å². The van der Waals surface area contributed by atoms with Crippen LogP contribution in [0.1, 0.15) is 60.8 Å². The average molecular weight is 327 g/mol. The molecule has 2 atom stereocenters. The maximum Gasteiger partial charge on any atom is 0.0858 e. The Bertz CT molecular complexity index is 688. The Morgan fingerprint density at radius 2 is 1.92 bits per heavy atom. The van der Waals surface area contributed by atoms with Crippen molar-refractivity contribution < 1.29 is 5.11 Å². The molecule has 1 aromatic heterocycles. The Hall–Kier alpha value is -1.65. The van der Waals surface area contributed by atoms with Crippen LogP contribution in [0.3, 0.4) is 0 Å². The highest BCUT2D eigenvalue weighted by Crippen LogP contribution is 2.54. The van der Waals surface area contributed by atoms with E-state index in [-0.39, 0.29) is 11.5 Å². The molecule has 1 aliphatic carbocycles. The number of benzene rings is 1. The Kier molecular flexibility index (Phi) is 4.79. The fourth-order valence-corrected chi connectivity index (χ4v) is 3.77. The molecular formula is C20H29N3O. The van der Waals surface area contributed by atoms with Gasteiger partial charge in [0.05, 0.1) is 11.8 Å². The van der Waals surface area contributed by atoms with Crippen LogP contribution >= 0.6 is 0 Å². The van der Waals surface area contributed by atoms with Crippen molar-refractivity contribution in [1.29, 1.82) is 0 Å². The first-order valence-electron chi connectivity index (χ1n) is 8.95. The summed E-state index contributed by atoms with van der Waals surface area (Å²) in [6, 6.07) is 10.3. The molecule has 0 saturated heterocycles. The van der Waals surface area contributed by atoms with Crippen molar-refractivity contribution in [2.75, 3.05) is 6.54 Å². The number of aromatic nitrogens is 2. The largest absolute Gasteiger partial charge is 0.388 e. The van der Waals surface area contributed by atoms with E-state index in [0.29, 0.717) is 6.04 Å². The summed E-state index contributed by atoms with van der Waals surface area (Å²) in [4.78, 5) is 0. The first-order valence-corrected chi connectivity index (χ1v) is 8.95. The second kappa shape index (κ2) is 6.69. The van der Waals surface area contributed by atoms with E-state index in [1.807, 2.05) is 42.1 Å². The second-order valence-electron chi connectivity index (χ2n) is 7.23. The first kappa shape index (κ1) is 17.2. The zero-order valence-corrected chi connectivity index (χ0v) is 15.2. The molecule has 0 radical (unpaired) electrons. The summed E-state index contributed by atoms with van der Waals surface area (Å²) in [5, 5.41) is 19.1. The van der Waals surface area contributed by atoms with Gasteiger partial charge in [-0.1, -0.05) is 37.3 Å². The molecule has 1 aliphatic rings. The lowest BCUT2D eigenvalue weighted by Gasteiger charge is -2.26. The number of hydrogen-bond donors (Lipinski definition) is 2. The fourth-order valence-electron chi connectivity index (χ4n) is 3.77. The van der Waals surface area contributed by atoms with E-state index in [9.17, 15) is 5.11 Å². The SMILES string of the molecule is CCC(NCC1(C(O)c2ccccc2)CC1)c1c(C)nn(C)c1C. The van der Waals surface area contributed by atoms with Crippen molar-refractivity contribution >= 4 is 0 Å². The summed E-state index contributed by atoms with van der Waals surface area (Å²) in [5.74, 6) is 0. The molecule has 24 heavy (non-hydrogen) atoms. The van der Waals surface area contributed by atoms with Crippen molar-refractivity contribution in [3.63, 3.8) is 0 Å². The van der Waals surface area contributed by atoms with Crippen LogP contribution in [0.5, 0.6) is 0 Å². The molecule has 2 N–H and O–H groups in total. The van der Waals surface area contributed by atoms with Crippen LogP contribution in [0.25, 0.3) is 0 Å². The molecular weight excluding hydrogens is 298 g/mol. The van der Waals surface area contributed by atoms with Crippen LogP contribution in [-0.4, -0.2) is 21.4 Å². The summed E-state index contributed by atoms with van der Waals surface area (Å²) in [6.45, 7) is 7.26. The van der Waals surface area contributed by atoms with Crippen molar-refractivity contribution in [3.05, 3.63) is 52.8 Å². The van der Waals surface area contributed by atoms with Gasteiger partial charge in [-0.05, 0) is 38.7 Å². The Morgan fingerprint density at radius 3 is 2.42 bits per heavy atom. The molecule has 1 heterocycles. The van der Waals surface area contributed by atoms with Crippen LogP contribution in [-0.2, 0) is 7.05 Å². The average Bonchev–Trinajstić information content (AvgIpc) is 3.34. The lowest BCUT2D eigenvalue weighted by molar-refractivity contribution is 0.0897. The maximum absolute atomic E-state index is 10.8. The molecule has 2 unspecified atom stereocenters. The zero-order chi connectivity index (χ0) is 17.3. The topological polar surface area (TPSA) is 50.1 Å². The Balaban J connectivity index is 1.72. The van der Waals surface area contributed by atoms with Gasteiger partial charge in [0.25, 0.3) is 0 Å². The summed E-state index contributed by atoms with van der Waals surface area (Å²) < 4.78 is 1.96.